The fourth-order valence-corrected chi connectivity index (χ4v) is 2.26. The molecule has 0 saturated heterocycles. The second kappa shape index (κ2) is 5.97. The summed E-state index contributed by atoms with van der Waals surface area (Å²) in [6.07, 6.45) is 2.48. The molecule has 4 nitrogen and oxygen atoms in total. The highest BCUT2D eigenvalue weighted by Gasteiger charge is 2.14. The average molecular weight is 258 g/mol. The zero-order valence-electron chi connectivity index (χ0n) is 12.1. The number of aromatic nitrogens is 3. The second-order valence-electron chi connectivity index (χ2n) is 4.88. The van der Waals surface area contributed by atoms with Crippen LogP contribution in [0.15, 0.2) is 24.5 Å². The van der Waals surface area contributed by atoms with Gasteiger partial charge in [-0.15, -0.1) is 0 Å². The third kappa shape index (κ3) is 3.01. The summed E-state index contributed by atoms with van der Waals surface area (Å²) in [6.45, 7) is 7.24. The molecule has 0 spiro atoms. The zero-order chi connectivity index (χ0) is 13.8. The second-order valence-corrected chi connectivity index (χ2v) is 4.88. The molecule has 0 aliphatic heterocycles. The van der Waals surface area contributed by atoms with Gasteiger partial charge in [0.25, 0.3) is 0 Å². The molecule has 1 aromatic carbocycles. The van der Waals surface area contributed by atoms with Crippen LogP contribution in [0.1, 0.15) is 35.5 Å². The molecule has 19 heavy (non-hydrogen) atoms. The summed E-state index contributed by atoms with van der Waals surface area (Å²) < 4.78 is 1.95. The molecular weight excluding hydrogens is 236 g/mol. The first-order valence-electron chi connectivity index (χ1n) is 6.76. The molecule has 1 unspecified atom stereocenters. The highest BCUT2D eigenvalue weighted by molar-refractivity contribution is 5.32. The Morgan fingerprint density at radius 2 is 2.05 bits per heavy atom. The first kappa shape index (κ1) is 13.7. The summed E-state index contributed by atoms with van der Waals surface area (Å²) in [7, 11) is 1.99. The standard InChI is InChI=1S/C15H22N4/c1-5-19-15(17-10-18-19)9-14(16-4)13-7-6-11(2)12(3)8-13/h6-8,10,14,16H,5,9H2,1-4H3. The summed E-state index contributed by atoms with van der Waals surface area (Å²) in [5.74, 6) is 1.03. The molecule has 0 radical (unpaired) electrons. The van der Waals surface area contributed by atoms with Gasteiger partial charge in [0.15, 0.2) is 0 Å². The van der Waals surface area contributed by atoms with Crippen LogP contribution in [-0.2, 0) is 13.0 Å². The monoisotopic (exact) mass is 258 g/mol. The lowest BCUT2D eigenvalue weighted by molar-refractivity contribution is 0.533. The maximum atomic E-state index is 4.35. The molecule has 1 heterocycles. The molecule has 0 amide bonds. The van der Waals surface area contributed by atoms with Crippen LogP contribution in [0.3, 0.4) is 0 Å². The summed E-state index contributed by atoms with van der Waals surface area (Å²) >= 11 is 0. The van der Waals surface area contributed by atoms with E-state index in [9.17, 15) is 0 Å². The van der Waals surface area contributed by atoms with E-state index in [1.807, 2.05) is 11.7 Å². The molecule has 2 rings (SSSR count). The van der Waals surface area contributed by atoms with Crippen molar-refractivity contribution in [3.63, 3.8) is 0 Å². The highest BCUT2D eigenvalue weighted by Crippen LogP contribution is 2.20. The van der Waals surface area contributed by atoms with Crippen LogP contribution < -0.4 is 5.32 Å². The Morgan fingerprint density at radius 1 is 1.26 bits per heavy atom. The molecule has 4 heteroatoms. The van der Waals surface area contributed by atoms with Crippen molar-refractivity contribution in [2.24, 2.45) is 0 Å². The van der Waals surface area contributed by atoms with Crippen molar-refractivity contribution in [1.82, 2.24) is 20.1 Å². The van der Waals surface area contributed by atoms with Crippen molar-refractivity contribution in [3.05, 3.63) is 47.0 Å². The first-order chi connectivity index (χ1) is 9.15. The van der Waals surface area contributed by atoms with E-state index < -0.39 is 0 Å². The molecular formula is C15H22N4. The van der Waals surface area contributed by atoms with Crippen molar-refractivity contribution in [1.29, 1.82) is 0 Å². The van der Waals surface area contributed by atoms with Crippen LogP contribution in [0.5, 0.6) is 0 Å². The minimum absolute atomic E-state index is 0.272. The number of hydrogen-bond acceptors (Lipinski definition) is 3. The van der Waals surface area contributed by atoms with Gasteiger partial charge in [-0.1, -0.05) is 18.2 Å². The summed E-state index contributed by atoms with van der Waals surface area (Å²) in [5.41, 5.74) is 3.96. The average Bonchev–Trinajstić information content (AvgIpc) is 2.86. The Bertz CT molecular complexity index is 545. The molecule has 2 aromatic rings. The Balaban J connectivity index is 2.22. The van der Waals surface area contributed by atoms with Crippen LogP contribution in [0.25, 0.3) is 0 Å². The van der Waals surface area contributed by atoms with Crippen molar-refractivity contribution >= 4 is 0 Å². The van der Waals surface area contributed by atoms with Gasteiger partial charge < -0.3 is 5.32 Å². The maximum absolute atomic E-state index is 4.35. The molecule has 102 valence electrons. The highest BCUT2D eigenvalue weighted by atomic mass is 15.3. The lowest BCUT2D eigenvalue weighted by Gasteiger charge is -2.17. The zero-order valence-corrected chi connectivity index (χ0v) is 12.1. The summed E-state index contributed by atoms with van der Waals surface area (Å²) in [6, 6.07) is 6.90. The van der Waals surface area contributed by atoms with E-state index >= 15 is 0 Å². The van der Waals surface area contributed by atoms with Crippen LogP contribution in [0.4, 0.5) is 0 Å². The smallest absolute Gasteiger partial charge is 0.138 e. The van der Waals surface area contributed by atoms with Gasteiger partial charge in [-0.25, -0.2) is 4.98 Å². The van der Waals surface area contributed by atoms with Crippen molar-refractivity contribution in [3.8, 4) is 0 Å². The molecule has 0 bridgehead atoms. The Hall–Kier alpha value is -1.68. The number of likely N-dealkylation sites (N-methyl/N-ethyl adjacent to an activating group) is 1. The SMILES string of the molecule is CCn1ncnc1CC(NC)c1ccc(C)c(C)c1. The minimum atomic E-state index is 0.272. The molecule has 1 aromatic heterocycles. The van der Waals surface area contributed by atoms with Gasteiger partial charge in [-0.2, -0.15) is 5.10 Å². The van der Waals surface area contributed by atoms with Gasteiger partial charge in [0, 0.05) is 19.0 Å². The normalized spacial score (nSPS) is 12.6. The van der Waals surface area contributed by atoms with E-state index in [4.69, 9.17) is 0 Å². The van der Waals surface area contributed by atoms with Crippen LogP contribution in [0, 0.1) is 13.8 Å². The summed E-state index contributed by atoms with van der Waals surface area (Å²) in [5, 5.41) is 7.60. The Labute approximate surface area is 114 Å². The van der Waals surface area contributed by atoms with E-state index in [1.54, 1.807) is 6.33 Å². The molecule has 1 N–H and O–H groups in total. The Morgan fingerprint density at radius 3 is 2.68 bits per heavy atom. The third-order valence-electron chi connectivity index (χ3n) is 3.66. The number of hydrogen-bond donors (Lipinski definition) is 1. The molecule has 1 atom stereocenters. The van der Waals surface area contributed by atoms with Crippen LogP contribution in [0.2, 0.25) is 0 Å². The van der Waals surface area contributed by atoms with E-state index in [0.717, 1.165) is 18.8 Å². The number of rotatable bonds is 5. The number of aryl methyl sites for hydroxylation is 3. The summed E-state index contributed by atoms with van der Waals surface area (Å²) in [4.78, 5) is 4.35. The van der Waals surface area contributed by atoms with Gasteiger partial charge >= 0.3 is 0 Å². The third-order valence-corrected chi connectivity index (χ3v) is 3.66. The quantitative estimate of drug-likeness (QED) is 0.895. The fourth-order valence-electron chi connectivity index (χ4n) is 2.26. The van der Waals surface area contributed by atoms with Gasteiger partial charge in [-0.05, 0) is 44.5 Å². The minimum Gasteiger partial charge on any atom is -0.313 e. The van der Waals surface area contributed by atoms with Crippen molar-refractivity contribution < 1.29 is 0 Å². The molecule has 0 aliphatic carbocycles. The van der Waals surface area contributed by atoms with E-state index in [2.05, 4.69) is 54.4 Å². The predicted molar refractivity (Wildman–Crippen MR) is 77.1 cm³/mol. The van der Waals surface area contributed by atoms with E-state index in [1.165, 1.54) is 16.7 Å². The number of nitrogens with zero attached hydrogens (tertiary/aromatic N) is 3. The lowest BCUT2D eigenvalue weighted by Crippen LogP contribution is -2.21. The van der Waals surface area contributed by atoms with E-state index in [-0.39, 0.29) is 6.04 Å². The maximum Gasteiger partial charge on any atom is 0.138 e. The van der Waals surface area contributed by atoms with Crippen LogP contribution >= 0.6 is 0 Å². The molecule has 0 aliphatic rings. The molecule has 0 saturated carbocycles. The van der Waals surface area contributed by atoms with Gasteiger partial charge in [0.05, 0.1) is 0 Å². The number of nitrogens with one attached hydrogen (secondary N) is 1. The fraction of sp³-hybridized carbons (Fsp3) is 0.467. The van der Waals surface area contributed by atoms with Crippen molar-refractivity contribution in [2.45, 2.75) is 39.8 Å². The van der Waals surface area contributed by atoms with Crippen LogP contribution in [-0.4, -0.2) is 21.8 Å². The van der Waals surface area contributed by atoms with Gasteiger partial charge in [0.1, 0.15) is 12.2 Å². The van der Waals surface area contributed by atoms with E-state index in [0.29, 0.717) is 0 Å². The molecule has 0 fully saturated rings. The topological polar surface area (TPSA) is 42.7 Å². The Kier molecular flexibility index (Phi) is 4.32. The predicted octanol–water partition coefficient (Wildman–Crippen LogP) is 2.42. The lowest BCUT2D eigenvalue weighted by atomic mass is 9.99. The van der Waals surface area contributed by atoms with Crippen molar-refractivity contribution in [2.75, 3.05) is 7.05 Å². The number of benzene rings is 1. The largest absolute Gasteiger partial charge is 0.313 e. The van der Waals surface area contributed by atoms with Gasteiger partial charge in [0.2, 0.25) is 0 Å². The first-order valence-corrected chi connectivity index (χ1v) is 6.76. The van der Waals surface area contributed by atoms with Gasteiger partial charge in [-0.3, -0.25) is 4.68 Å².